The van der Waals surface area contributed by atoms with E-state index in [1.807, 2.05) is 48.3 Å². The molecular formula is C20H23NO. The van der Waals surface area contributed by atoms with E-state index in [-0.39, 0.29) is 11.8 Å². The lowest BCUT2D eigenvalue weighted by atomic mass is 9.88. The Balaban J connectivity index is 1.71. The van der Waals surface area contributed by atoms with Crippen molar-refractivity contribution in [3.8, 4) is 0 Å². The molecule has 0 aliphatic heterocycles. The van der Waals surface area contributed by atoms with Crippen LogP contribution in [0, 0.1) is 11.8 Å². The predicted molar refractivity (Wildman–Crippen MR) is 90.8 cm³/mol. The third kappa shape index (κ3) is 3.22. The molecule has 0 unspecified atom stereocenters. The van der Waals surface area contributed by atoms with Crippen LogP contribution in [0.3, 0.4) is 0 Å². The van der Waals surface area contributed by atoms with Crippen LogP contribution < -0.4 is 4.90 Å². The Morgan fingerprint density at radius 1 is 1.00 bits per heavy atom. The number of carbonyl (C=O) groups is 1. The molecule has 2 aromatic rings. The van der Waals surface area contributed by atoms with Crippen LogP contribution in [-0.2, 0) is 11.2 Å². The van der Waals surface area contributed by atoms with Gasteiger partial charge in [0.05, 0.1) is 0 Å². The molecule has 0 aromatic heterocycles. The first-order valence-electron chi connectivity index (χ1n) is 8.12. The first kappa shape index (κ1) is 14.8. The standard InChI is InChI=1S/C20H23NO/c1-21(18-12-6-3-7-13-18)20(22)19-14-8-11-17(19)15-16-9-4-2-5-10-16/h2-7,9-10,12-13,17,19H,8,11,14-15H2,1H3/t17-,19+/m1/s1. The maximum atomic E-state index is 12.9. The minimum Gasteiger partial charge on any atom is -0.315 e. The molecule has 1 amide bonds. The van der Waals surface area contributed by atoms with Gasteiger partial charge in [-0.05, 0) is 42.9 Å². The quantitative estimate of drug-likeness (QED) is 0.822. The molecule has 1 aliphatic rings. The molecule has 22 heavy (non-hydrogen) atoms. The van der Waals surface area contributed by atoms with Gasteiger partial charge in [0, 0.05) is 18.7 Å². The summed E-state index contributed by atoms with van der Waals surface area (Å²) in [6, 6.07) is 20.5. The van der Waals surface area contributed by atoms with E-state index >= 15 is 0 Å². The summed E-state index contributed by atoms with van der Waals surface area (Å²) in [6.45, 7) is 0. The molecule has 0 spiro atoms. The van der Waals surface area contributed by atoms with E-state index in [2.05, 4.69) is 24.3 Å². The molecular weight excluding hydrogens is 270 g/mol. The van der Waals surface area contributed by atoms with E-state index in [1.165, 1.54) is 5.56 Å². The van der Waals surface area contributed by atoms with E-state index in [4.69, 9.17) is 0 Å². The van der Waals surface area contributed by atoms with E-state index in [9.17, 15) is 4.79 Å². The van der Waals surface area contributed by atoms with Crippen molar-refractivity contribution in [2.75, 3.05) is 11.9 Å². The first-order chi connectivity index (χ1) is 10.8. The van der Waals surface area contributed by atoms with Crippen molar-refractivity contribution >= 4 is 11.6 Å². The van der Waals surface area contributed by atoms with Crippen molar-refractivity contribution < 1.29 is 4.79 Å². The summed E-state index contributed by atoms with van der Waals surface area (Å²) in [5.41, 5.74) is 2.33. The highest BCUT2D eigenvalue weighted by molar-refractivity contribution is 5.94. The van der Waals surface area contributed by atoms with Crippen molar-refractivity contribution in [3.05, 3.63) is 66.2 Å². The smallest absolute Gasteiger partial charge is 0.230 e. The second kappa shape index (κ2) is 6.78. The summed E-state index contributed by atoms with van der Waals surface area (Å²) >= 11 is 0. The molecule has 2 heteroatoms. The van der Waals surface area contributed by atoms with Gasteiger partial charge in [-0.25, -0.2) is 0 Å². The van der Waals surface area contributed by atoms with Crippen molar-refractivity contribution in [1.29, 1.82) is 0 Å². The monoisotopic (exact) mass is 293 g/mol. The largest absolute Gasteiger partial charge is 0.315 e. The summed E-state index contributed by atoms with van der Waals surface area (Å²) in [6.07, 6.45) is 4.36. The van der Waals surface area contributed by atoms with E-state index in [0.717, 1.165) is 31.4 Å². The highest BCUT2D eigenvalue weighted by atomic mass is 16.2. The Morgan fingerprint density at radius 3 is 2.32 bits per heavy atom. The Kier molecular flexibility index (Phi) is 4.57. The van der Waals surface area contributed by atoms with Crippen LogP contribution in [0.4, 0.5) is 5.69 Å². The average molecular weight is 293 g/mol. The highest BCUT2D eigenvalue weighted by Gasteiger charge is 2.34. The number of rotatable bonds is 4. The van der Waals surface area contributed by atoms with Crippen LogP contribution >= 0.6 is 0 Å². The lowest BCUT2D eigenvalue weighted by molar-refractivity contribution is -0.123. The number of hydrogen-bond donors (Lipinski definition) is 0. The number of carbonyl (C=O) groups excluding carboxylic acids is 1. The Labute approximate surface area is 132 Å². The van der Waals surface area contributed by atoms with Crippen LogP contribution in [-0.4, -0.2) is 13.0 Å². The van der Waals surface area contributed by atoms with Gasteiger partial charge in [0.15, 0.2) is 0 Å². The summed E-state index contributed by atoms with van der Waals surface area (Å²) in [4.78, 5) is 14.7. The highest BCUT2D eigenvalue weighted by Crippen LogP contribution is 2.36. The minimum atomic E-state index is 0.158. The summed E-state index contributed by atoms with van der Waals surface area (Å²) in [5, 5.41) is 0. The lowest BCUT2D eigenvalue weighted by Gasteiger charge is -2.25. The van der Waals surface area contributed by atoms with Crippen molar-refractivity contribution in [1.82, 2.24) is 0 Å². The molecule has 0 bridgehead atoms. The molecule has 1 fully saturated rings. The third-order valence-corrected chi connectivity index (χ3v) is 4.79. The van der Waals surface area contributed by atoms with Gasteiger partial charge < -0.3 is 4.90 Å². The topological polar surface area (TPSA) is 20.3 Å². The molecule has 2 nitrogen and oxygen atoms in total. The zero-order chi connectivity index (χ0) is 15.4. The van der Waals surface area contributed by atoms with Crippen molar-refractivity contribution in [2.45, 2.75) is 25.7 Å². The maximum absolute atomic E-state index is 12.9. The number of nitrogens with zero attached hydrogens (tertiary/aromatic N) is 1. The lowest BCUT2D eigenvalue weighted by Crippen LogP contribution is -2.35. The van der Waals surface area contributed by atoms with Crippen LogP contribution in [0.25, 0.3) is 0 Å². The summed E-state index contributed by atoms with van der Waals surface area (Å²) < 4.78 is 0. The fourth-order valence-electron chi connectivity index (χ4n) is 3.55. The van der Waals surface area contributed by atoms with E-state index in [0.29, 0.717) is 5.92 Å². The molecule has 114 valence electrons. The van der Waals surface area contributed by atoms with Gasteiger partial charge in [0.25, 0.3) is 0 Å². The van der Waals surface area contributed by atoms with Crippen LogP contribution in [0.1, 0.15) is 24.8 Å². The molecule has 1 saturated carbocycles. The third-order valence-electron chi connectivity index (χ3n) is 4.79. The second-order valence-electron chi connectivity index (χ2n) is 6.22. The van der Waals surface area contributed by atoms with Gasteiger partial charge >= 0.3 is 0 Å². The Bertz CT molecular complexity index is 608. The van der Waals surface area contributed by atoms with Gasteiger partial charge in [-0.1, -0.05) is 55.0 Å². The summed E-state index contributed by atoms with van der Waals surface area (Å²) in [5.74, 6) is 0.899. The normalized spacial score (nSPS) is 20.8. The first-order valence-corrected chi connectivity index (χ1v) is 8.12. The van der Waals surface area contributed by atoms with Crippen LogP contribution in [0.2, 0.25) is 0 Å². The van der Waals surface area contributed by atoms with E-state index in [1.54, 1.807) is 0 Å². The van der Waals surface area contributed by atoms with Gasteiger partial charge in [-0.2, -0.15) is 0 Å². The number of benzene rings is 2. The zero-order valence-electron chi connectivity index (χ0n) is 13.1. The van der Waals surface area contributed by atoms with Gasteiger partial charge in [0.1, 0.15) is 0 Å². The molecule has 0 heterocycles. The second-order valence-corrected chi connectivity index (χ2v) is 6.22. The van der Waals surface area contributed by atoms with Gasteiger partial charge in [-0.3, -0.25) is 4.79 Å². The van der Waals surface area contributed by atoms with Crippen molar-refractivity contribution in [2.24, 2.45) is 11.8 Å². The SMILES string of the molecule is CN(C(=O)[C@H]1CCC[C@@H]1Cc1ccccc1)c1ccccc1. The fourth-order valence-corrected chi connectivity index (χ4v) is 3.55. The minimum absolute atomic E-state index is 0.158. The molecule has 3 rings (SSSR count). The maximum Gasteiger partial charge on any atom is 0.230 e. The van der Waals surface area contributed by atoms with Crippen LogP contribution in [0.15, 0.2) is 60.7 Å². The molecule has 2 aromatic carbocycles. The zero-order valence-corrected chi connectivity index (χ0v) is 13.1. The number of para-hydroxylation sites is 1. The average Bonchev–Trinajstić information content (AvgIpc) is 3.03. The molecule has 0 saturated heterocycles. The Morgan fingerprint density at radius 2 is 1.64 bits per heavy atom. The predicted octanol–water partition coefficient (Wildman–Crippen LogP) is 4.31. The summed E-state index contributed by atoms with van der Waals surface area (Å²) in [7, 11) is 1.90. The molecule has 0 radical (unpaired) electrons. The van der Waals surface area contributed by atoms with Gasteiger partial charge in [0.2, 0.25) is 5.91 Å². The fraction of sp³-hybridized carbons (Fsp3) is 0.350. The molecule has 2 atom stereocenters. The van der Waals surface area contributed by atoms with Gasteiger partial charge in [-0.15, -0.1) is 0 Å². The number of hydrogen-bond acceptors (Lipinski definition) is 1. The van der Waals surface area contributed by atoms with Crippen LogP contribution in [0.5, 0.6) is 0 Å². The molecule has 1 aliphatic carbocycles. The number of anilines is 1. The molecule has 0 N–H and O–H groups in total. The Hall–Kier alpha value is -2.09. The van der Waals surface area contributed by atoms with Crippen molar-refractivity contribution in [3.63, 3.8) is 0 Å². The number of amides is 1. The van der Waals surface area contributed by atoms with E-state index < -0.39 is 0 Å².